The third kappa shape index (κ3) is 3.51. The van der Waals surface area contributed by atoms with E-state index in [0.717, 1.165) is 0 Å². The molecule has 13 heavy (non-hydrogen) atoms. The summed E-state index contributed by atoms with van der Waals surface area (Å²) in [6.07, 6.45) is 1.20. The third-order valence-corrected chi connectivity index (χ3v) is 3.34. The lowest BCUT2D eigenvalue weighted by Gasteiger charge is -2.16. The van der Waals surface area contributed by atoms with Crippen LogP contribution in [0.4, 0.5) is 0 Å². The summed E-state index contributed by atoms with van der Waals surface area (Å²) in [7, 11) is 0. The molecule has 0 fully saturated rings. The second kappa shape index (κ2) is 3.83. The molecular weight excluding hydrogens is 176 g/mol. The standard InChI is InChI=1S/C12H20S/c1-9(2)11-7-6-10(13-11)8-12(3,4)5/h6-7,9H,8H2,1-5H3. The summed E-state index contributed by atoms with van der Waals surface area (Å²) >= 11 is 1.97. The summed E-state index contributed by atoms with van der Waals surface area (Å²) in [5.41, 5.74) is 0.416. The first-order valence-corrected chi connectivity index (χ1v) is 5.79. The van der Waals surface area contributed by atoms with Crippen LogP contribution in [0.1, 0.15) is 50.3 Å². The van der Waals surface area contributed by atoms with Gasteiger partial charge in [-0.1, -0.05) is 34.6 Å². The molecule has 0 unspecified atom stereocenters. The molecule has 1 aromatic heterocycles. The minimum absolute atomic E-state index is 0.416. The van der Waals surface area contributed by atoms with Gasteiger partial charge in [-0.05, 0) is 29.9 Å². The lowest BCUT2D eigenvalue weighted by molar-refractivity contribution is 0.414. The minimum atomic E-state index is 0.416. The Morgan fingerprint density at radius 2 is 1.85 bits per heavy atom. The van der Waals surface area contributed by atoms with Gasteiger partial charge in [-0.3, -0.25) is 0 Å². The Balaban J connectivity index is 2.70. The predicted octanol–water partition coefficient (Wildman–Crippen LogP) is 4.46. The van der Waals surface area contributed by atoms with Gasteiger partial charge in [-0.15, -0.1) is 11.3 Å². The molecule has 0 bridgehead atoms. The quantitative estimate of drug-likeness (QED) is 0.655. The van der Waals surface area contributed by atoms with Crippen molar-refractivity contribution < 1.29 is 0 Å². The van der Waals surface area contributed by atoms with Crippen molar-refractivity contribution in [3.63, 3.8) is 0 Å². The van der Waals surface area contributed by atoms with E-state index in [1.54, 1.807) is 0 Å². The van der Waals surface area contributed by atoms with Gasteiger partial charge in [-0.2, -0.15) is 0 Å². The molecule has 1 heteroatoms. The Morgan fingerprint density at radius 3 is 2.23 bits per heavy atom. The van der Waals surface area contributed by atoms with Crippen LogP contribution in [-0.4, -0.2) is 0 Å². The second-order valence-electron chi connectivity index (χ2n) is 5.20. The van der Waals surface area contributed by atoms with Crippen molar-refractivity contribution in [3.8, 4) is 0 Å². The number of rotatable bonds is 2. The first-order chi connectivity index (χ1) is 5.88. The highest BCUT2D eigenvalue weighted by molar-refractivity contribution is 7.12. The molecule has 0 aliphatic heterocycles. The summed E-state index contributed by atoms with van der Waals surface area (Å²) in [6.45, 7) is 11.4. The Kier molecular flexibility index (Phi) is 3.18. The van der Waals surface area contributed by atoms with Crippen LogP contribution >= 0.6 is 11.3 Å². The second-order valence-corrected chi connectivity index (χ2v) is 6.40. The molecule has 0 amide bonds. The molecule has 0 spiro atoms. The van der Waals surface area contributed by atoms with E-state index < -0.39 is 0 Å². The van der Waals surface area contributed by atoms with Crippen LogP contribution in [-0.2, 0) is 6.42 Å². The largest absolute Gasteiger partial charge is 0.145 e. The van der Waals surface area contributed by atoms with Crippen molar-refractivity contribution in [2.24, 2.45) is 5.41 Å². The van der Waals surface area contributed by atoms with E-state index in [1.165, 1.54) is 16.2 Å². The summed E-state index contributed by atoms with van der Waals surface area (Å²) in [6, 6.07) is 4.56. The van der Waals surface area contributed by atoms with Gasteiger partial charge in [0.25, 0.3) is 0 Å². The van der Waals surface area contributed by atoms with Gasteiger partial charge in [0.1, 0.15) is 0 Å². The Bertz CT molecular complexity index is 263. The van der Waals surface area contributed by atoms with E-state index in [2.05, 4.69) is 46.8 Å². The van der Waals surface area contributed by atoms with Gasteiger partial charge < -0.3 is 0 Å². The van der Waals surface area contributed by atoms with Crippen LogP contribution in [0.25, 0.3) is 0 Å². The van der Waals surface area contributed by atoms with E-state index in [1.807, 2.05) is 11.3 Å². The topological polar surface area (TPSA) is 0 Å². The minimum Gasteiger partial charge on any atom is -0.145 e. The van der Waals surface area contributed by atoms with Crippen molar-refractivity contribution in [1.82, 2.24) is 0 Å². The lowest BCUT2D eigenvalue weighted by Crippen LogP contribution is -2.07. The van der Waals surface area contributed by atoms with Crippen LogP contribution in [0.2, 0.25) is 0 Å². The monoisotopic (exact) mass is 196 g/mol. The van der Waals surface area contributed by atoms with Gasteiger partial charge in [0, 0.05) is 9.75 Å². The summed E-state index contributed by atoms with van der Waals surface area (Å²) in [5.74, 6) is 0.679. The molecular formula is C12H20S. The van der Waals surface area contributed by atoms with E-state index in [-0.39, 0.29) is 0 Å². The number of hydrogen-bond acceptors (Lipinski definition) is 1. The molecule has 1 rings (SSSR count). The van der Waals surface area contributed by atoms with Crippen LogP contribution in [0, 0.1) is 5.41 Å². The fraction of sp³-hybridized carbons (Fsp3) is 0.667. The summed E-state index contributed by atoms with van der Waals surface area (Å²) < 4.78 is 0. The van der Waals surface area contributed by atoms with Crippen molar-refractivity contribution in [3.05, 3.63) is 21.9 Å². The fourth-order valence-corrected chi connectivity index (χ4v) is 2.64. The van der Waals surface area contributed by atoms with Crippen LogP contribution in [0.5, 0.6) is 0 Å². The van der Waals surface area contributed by atoms with E-state index >= 15 is 0 Å². The Morgan fingerprint density at radius 1 is 1.23 bits per heavy atom. The highest BCUT2D eigenvalue weighted by atomic mass is 32.1. The maximum atomic E-state index is 2.29. The molecule has 0 N–H and O–H groups in total. The molecule has 0 aromatic carbocycles. The smallest absolute Gasteiger partial charge is 0.00736 e. The molecule has 0 aliphatic rings. The normalized spacial score (nSPS) is 12.5. The van der Waals surface area contributed by atoms with Gasteiger partial charge >= 0.3 is 0 Å². The SMILES string of the molecule is CC(C)c1ccc(CC(C)(C)C)s1. The van der Waals surface area contributed by atoms with Crippen molar-refractivity contribution in [2.75, 3.05) is 0 Å². The molecule has 0 radical (unpaired) electrons. The summed E-state index contributed by atoms with van der Waals surface area (Å²) in [5, 5.41) is 0. The molecule has 1 aromatic rings. The Hall–Kier alpha value is -0.300. The first-order valence-electron chi connectivity index (χ1n) is 4.97. The van der Waals surface area contributed by atoms with Crippen molar-refractivity contribution in [1.29, 1.82) is 0 Å². The van der Waals surface area contributed by atoms with Crippen LogP contribution in [0.3, 0.4) is 0 Å². The third-order valence-electron chi connectivity index (χ3n) is 1.96. The van der Waals surface area contributed by atoms with Gasteiger partial charge in [0.05, 0.1) is 0 Å². The Labute approximate surface area is 86.0 Å². The fourth-order valence-electron chi connectivity index (χ4n) is 1.32. The van der Waals surface area contributed by atoms with E-state index in [4.69, 9.17) is 0 Å². The highest BCUT2D eigenvalue weighted by Crippen LogP contribution is 2.29. The lowest BCUT2D eigenvalue weighted by atomic mass is 9.92. The first kappa shape index (κ1) is 10.8. The van der Waals surface area contributed by atoms with E-state index in [9.17, 15) is 0 Å². The molecule has 1 heterocycles. The average Bonchev–Trinajstić information content (AvgIpc) is 2.31. The summed E-state index contributed by atoms with van der Waals surface area (Å²) in [4.78, 5) is 3.04. The van der Waals surface area contributed by atoms with Crippen molar-refractivity contribution >= 4 is 11.3 Å². The molecule has 0 nitrogen and oxygen atoms in total. The molecule has 0 saturated carbocycles. The van der Waals surface area contributed by atoms with Crippen molar-refractivity contribution in [2.45, 2.75) is 47.0 Å². The van der Waals surface area contributed by atoms with E-state index in [0.29, 0.717) is 11.3 Å². The zero-order chi connectivity index (χ0) is 10.1. The molecule has 74 valence electrons. The van der Waals surface area contributed by atoms with Gasteiger partial charge in [0.15, 0.2) is 0 Å². The van der Waals surface area contributed by atoms with Gasteiger partial charge in [-0.25, -0.2) is 0 Å². The zero-order valence-corrected chi connectivity index (χ0v) is 10.2. The molecule has 0 aliphatic carbocycles. The molecule has 0 atom stereocenters. The maximum Gasteiger partial charge on any atom is 0.00736 e. The number of hydrogen-bond donors (Lipinski definition) is 0. The van der Waals surface area contributed by atoms with Gasteiger partial charge in [0.2, 0.25) is 0 Å². The maximum absolute atomic E-state index is 2.29. The van der Waals surface area contributed by atoms with Crippen LogP contribution in [0.15, 0.2) is 12.1 Å². The number of thiophene rings is 1. The van der Waals surface area contributed by atoms with Crippen LogP contribution < -0.4 is 0 Å². The predicted molar refractivity (Wildman–Crippen MR) is 61.6 cm³/mol. The highest BCUT2D eigenvalue weighted by Gasteiger charge is 2.13. The zero-order valence-electron chi connectivity index (χ0n) is 9.35. The average molecular weight is 196 g/mol. The molecule has 0 saturated heterocycles.